The Morgan fingerprint density at radius 1 is 1.35 bits per heavy atom. The minimum atomic E-state index is -1.19. The first-order chi connectivity index (χ1) is 9.55. The summed E-state index contributed by atoms with van der Waals surface area (Å²) in [4.78, 5) is 11.9. The van der Waals surface area contributed by atoms with E-state index in [9.17, 15) is 10.2 Å². The van der Waals surface area contributed by atoms with Gasteiger partial charge in [0, 0.05) is 0 Å². The van der Waals surface area contributed by atoms with Crippen LogP contribution in [0.3, 0.4) is 0 Å². The van der Waals surface area contributed by atoms with Crippen molar-refractivity contribution in [1.29, 1.82) is 0 Å². The minimum Gasteiger partial charge on any atom is -0.394 e. The molecule has 20 heavy (non-hydrogen) atoms. The predicted octanol–water partition coefficient (Wildman–Crippen LogP) is -0.860. The summed E-state index contributed by atoms with van der Waals surface area (Å²) in [5.74, 6) is 0.191. The molecule has 0 bridgehead atoms. The quantitative estimate of drug-likeness (QED) is 0.525. The number of thioether (sulfide) groups is 1. The van der Waals surface area contributed by atoms with Gasteiger partial charge in [0.15, 0.2) is 5.16 Å². The van der Waals surface area contributed by atoms with Crippen LogP contribution in [0.15, 0.2) is 5.16 Å². The number of aliphatic hydroxyl groups is 3. The van der Waals surface area contributed by atoms with Crippen molar-refractivity contribution in [2.75, 3.05) is 24.8 Å². The molecule has 0 amide bonds. The third kappa shape index (κ3) is 3.48. The summed E-state index contributed by atoms with van der Waals surface area (Å²) in [7, 11) is 0. The third-order valence-corrected chi connectivity index (χ3v) is 3.61. The highest BCUT2D eigenvalue weighted by Crippen LogP contribution is 2.19. The Balaban J connectivity index is 2.08. The molecule has 1 aromatic rings. The first-order valence-corrected chi connectivity index (χ1v) is 7.46. The summed E-state index contributed by atoms with van der Waals surface area (Å²) in [5.41, 5.74) is 0. The molecule has 8 nitrogen and oxygen atoms in total. The lowest BCUT2D eigenvalue weighted by Gasteiger charge is -2.37. The summed E-state index contributed by atoms with van der Waals surface area (Å²) < 4.78 is 5.25. The molecule has 1 saturated heterocycles. The zero-order valence-corrected chi connectivity index (χ0v) is 12.2. The number of rotatable bonds is 4. The Labute approximate surface area is 124 Å². The van der Waals surface area contributed by atoms with E-state index in [1.165, 1.54) is 11.8 Å². The molecule has 112 valence electrons. The predicted molar refractivity (Wildman–Crippen MR) is 72.9 cm³/mol. The highest BCUT2D eigenvalue weighted by atomic mass is 35.5. The van der Waals surface area contributed by atoms with Gasteiger partial charge in [0.2, 0.25) is 11.2 Å². The second-order valence-corrected chi connectivity index (χ2v) is 5.31. The van der Waals surface area contributed by atoms with Crippen molar-refractivity contribution in [3.63, 3.8) is 0 Å². The molecule has 2 heterocycles. The van der Waals surface area contributed by atoms with Crippen molar-refractivity contribution in [2.24, 2.45) is 0 Å². The zero-order valence-electron chi connectivity index (χ0n) is 10.6. The van der Waals surface area contributed by atoms with Crippen molar-refractivity contribution >= 4 is 29.3 Å². The van der Waals surface area contributed by atoms with Gasteiger partial charge in [-0.15, -0.1) is 0 Å². The fourth-order valence-electron chi connectivity index (χ4n) is 1.82. The average molecular weight is 323 g/mol. The van der Waals surface area contributed by atoms with Gasteiger partial charge in [0.1, 0.15) is 18.3 Å². The van der Waals surface area contributed by atoms with Crippen LogP contribution in [0.5, 0.6) is 0 Å². The van der Waals surface area contributed by atoms with Gasteiger partial charge in [0.25, 0.3) is 0 Å². The average Bonchev–Trinajstić information content (AvgIpc) is 2.43. The molecule has 1 aliphatic rings. The van der Waals surface area contributed by atoms with Gasteiger partial charge >= 0.3 is 0 Å². The number of aliphatic hydroxyl groups excluding tert-OH is 3. The van der Waals surface area contributed by atoms with Crippen LogP contribution in [-0.2, 0) is 4.74 Å². The van der Waals surface area contributed by atoms with Gasteiger partial charge in [-0.2, -0.15) is 15.0 Å². The number of aromatic nitrogens is 3. The molecule has 0 aliphatic carbocycles. The molecule has 0 saturated carbocycles. The zero-order chi connectivity index (χ0) is 14.7. The Morgan fingerprint density at radius 2 is 2.10 bits per heavy atom. The SMILES string of the molecule is CSc1nc(Cl)nc(N[C@H]2CO[C@H](CO)[C@H](O)[C@@H]2O)n1. The van der Waals surface area contributed by atoms with Crippen LogP contribution in [0, 0.1) is 0 Å². The standard InChI is InChI=1S/C10H15ClN4O4S/c1-20-10-14-8(11)13-9(15-10)12-4-3-19-5(2-16)7(18)6(4)17/h4-7,16-18H,2-3H2,1H3,(H,12,13,14,15)/t4-,5+,6+,7-/m0/s1. The van der Waals surface area contributed by atoms with Gasteiger partial charge < -0.3 is 25.4 Å². The van der Waals surface area contributed by atoms with Crippen LogP contribution in [0.1, 0.15) is 0 Å². The summed E-state index contributed by atoms with van der Waals surface area (Å²) in [5, 5.41) is 32.1. The number of nitrogens with one attached hydrogen (secondary N) is 1. The van der Waals surface area contributed by atoms with Gasteiger partial charge in [-0.05, 0) is 17.9 Å². The molecular weight excluding hydrogens is 308 g/mol. The molecule has 0 radical (unpaired) electrons. The summed E-state index contributed by atoms with van der Waals surface area (Å²) in [6.07, 6.45) is -1.31. The lowest BCUT2D eigenvalue weighted by molar-refractivity contribution is -0.152. The maximum atomic E-state index is 9.98. The molecular formula is C10H15ClN4O4S. The van der Waals surface area contributed by atoms with Crippen molar-refractivity contribution < 1.29 is 20.1 Å². The van der Waals surface area contributed by atoms with Crippen molar-refractivity contribution in [1.82, 2.24) is 15.0 Å². The first kappa shape index (κ1) is 15.7. The molecule has 0 unspecified atom stereocenters. The smallest absolute Gasteiger partial charge is 0.228 e. The molecule has 4 N–H and O–H groups in total. The van der Waals surface area contributed by atoms with E-state index >= 15 is 0 Å². The Kier molecular flexibility index (Phi) is 5.35. The molecule has 10 heteroatoms. The fourth-order valence-corrected chi connectivity index (χ4v) is 2.39. The highest BCUT2D eigenvalue weighted by Gasteiger charge is 2.38. The molecule has 1 aliphatic heterocycles. The van der Waals surface area contributed by atoms with E-state index in [1.807, 2.05) is 0 Å². The van der Waals surface area contributed by atoms with Gasteiger partial charge in [-0.1, -0.05) is 11.8 Å². The lowest BCUT2D eigenvalue weighted by atomic mass is 9.98. The van der Waals surface area contributed by atoms with Crippen LogP contribution in [0.4, 0.5) is 5.95 Å². The largest absolute Gasteiger partial charge is 0.394 e. The van der Waals surface area contributed by atoms with Crippen molar-refractivity contribution in [2.45, 2.75) is 29.5 Å². The van der Waals surface area contributed by atoms with E-state index in [1.54, 1.807) is 6.26 Å². The van der Waals surface area contributed by atoms with Crippen LogP contribution in [-0.4, -0.2) is 74.1 Å². The maximum Gasteiger partial charge on any atom is 0.228 e. The molecule has 1 fully saturated rings. The van der Waals surface area contributed by atoms with Crippen LogP contribution < -0.4 is 5.32 Å². The number of hydrogen-bond donors (Lipinski definition) is 4. The summed E-state index contributed by atoms with van der Waals surface area (Å²) in [6.45, 7) is -0.263. The molecule has 1 aromatic heterocycles. The van der Waals surface area contributed by atoms with Crippen LogP contribution in [0.25, 0.3) is 0 Å². The number of hydrogen-bond acceptors (Lipinski definition) is 9. The first-order valence-electron chi connectivity index (χ1n) is 5.86. The summed E-state index contributed by atoms with van der Waals surface area (Å²) >= 11 is 7.07. The van der Waals surface area contributed by atoms with E-state index < -0.39 is 24.4 Å². The maximum absolute atomic E-state index is 9.98. The topological polar surface area (TPSA) is 121 Å². The summed E-state index contributed by atoms with van der Waals surface area (Å²) in [6, 6.07) is -0.610. The van der Waals surface area contributed by atoms with Gasteiger partial charge in [0.05, 0.1) is 19.3 Å². The second kappa shape index (κ2) is 6.83. The molecule has 4 atom stereocenters. The van der Waals surface area contributed by atoms with Crippen LogP contribution in [0.2, 0.25) is 5.28 Å². The minimum absolute atomic E-state index is 0.0341. The van der Waals surface area contributed by atoms with Gasteiger partial charge in [-0.25, -0.2) is 0 Å². The molecule has 0 aromatic carbocycles. The molecule has 2 rings (SSSR count). The monoisotopic (exact) mass is 322 g/mol. The van der Waals surface area contributed by atoms with E-state index in [4.69, 9.17) is 21.4 Å². The number of halogens is 1. The fraction of sp³-hybridized carbons (Fsp3) is 0.700. The number of ether oxygens (including phenoxy) is 1. The van der Waals surface area contributed by atoms with Crippen molar-refractivity contribution in [3.05, 3.63) is 5.28 Å². The van der Waals surface area contributed by atoms with Crippen LogP contribution >= 0.6 is 23.4 Å². The third-order valence-electron chi connectivity index (χ3n) is 2.90. The Hall–Kier alpha value is -0.710. The number of nitrogens with zero attached hydrogens (tertiary/aromatic N) is 3. The van der Waals surface area contributed by atoms with Gasteiger partial charge in [-0.3, -0.25) is 0 Å². The van der Waals surface area contributed by atoms with E-state index in [0.29, 0.717) is 5.16 Å². The highest BCUT2D eigenvalue weighted by molar-refractivity contribution is 7.98. The lowest BCUT2D eigenvalue weighted by Crippen LogP contribution is -2.56. The number of anilines is 1. The second-order valence-electron chi connectivity index (χ2n) is 4.20. The normalized spacial score (nSPS) is 30.2. The Bertz CT molecular complexity index is 469. The van der Waals surface area contributed by atoms with E-state index in [2.05, 4.69) is 20.3 Å². The molecule has 0 spiro atoms. The van der Waals surface area contributed by atoms with E-state index in [-0.39, 0.29) is 24.4 Å². The Morgan fingerprint density at radius 3 is 2.75 bits per heavy atom. The van der Waals surface area contributed by atoms with Crippen molar-refractivity contribution in [3.8, 4) is 0 Å². The van der Waals surface area contributed by atoms with E-state index in [0.717, 1.165) is 0 Å².